The third-order valence-electron chi connectivity index (χ3n) is 6.54. The minimum Gasteiger partial charge on any atom is -0.494 e. The molecule has 1 fully saturated rings. The first-order valence-electron chi connectivity index (χ1n) is 11.6. The molecule has 0 aliphatic carbocycles. The van der Waals surface area contributed by atoms with Crippen LogP contribution in [0.2, 0.25) is 20.1 Å². The number of esters is 1. The SMILES string of the molecule is COc1cc([N+](=O)[O-])ccc1N1C[C@@H](C(=O)Oc2ccc(N3C(=O)c4c(Cl)c(Cl)c(Cl)c(Cl)c4C3=O)cc2)CC1=O. The van der Waals surface area contributed by atoms with Gasteiger partial charge in [0.15, 0.2) is 0 Å². The first-order chi connectivity index (χ1) is 19.4. The van der Waals surface area contributed by atoms with Gasteiger partial charge in [-0.05, 0) is 30.3 Å². The molecular formula is C26H15Cl4N3O8. The number of benzene rings is 3. The molecule has 0 radical (unpaired) electrons. The van der Waals surface area contributed by atoms with Crippen LogP contribution < -0.4 is 19.3 Å². The Balaban J connectivity index is 1.30. The highest BCUT2D eigenvalue weighted by Gasteiger charge is 2.42. The number of nitrogens with zero attached hydrogens (tertiary/aromatic N) is 3. The van der Waals surface area contributed by atoms with Crippen molar-refractivity contribution in [3.8, 4) is 11.5 Å². The number of ether oxygens (including phenoxy) is 2. The Hall–Kier alpha value is -3.90. The molecule has 1 saturated heterocycles. The summed E-state index contributed by atoms with van der Waals surface area (Å²) in [4.78, 5) is 64.3. The molecule has 210 valence electrons. The van der Waals surface area contributed by atoms with Crippen molar-refractivity contribution in [2.45, 2.75) is 6.42 Å². The molecule has 3 aromatic rings. The number of hydrogen-bond acceptors (Lipinski definition) is 8. The summed E-state index contributed by atoms with van der Waals surface area (Å²) >= 11 is 24.4. The van der Waals surface area contributed by atoms with Crippen LogP contribution in [0.1, 0.15) is 27.1 Å². The van der Waals surface area contributed by atoms with E-state index in [1.807, 2.05) is 0 Å². The Morgan fingerprint density at radius 2 is 1.51 bits per heavy atom. The lowest BCUT2D eigenvalue weighted by atomic mass is 10.1. The fourth-order valence-electron chi connectivity index (χ4n) is 4.55. The van der Waals surface area contributed by atoms with Crippen LogP contribution in [-0.2, 0) is 9.59 Å². The van der Waals surface area contributed by atoms with Crippen LogP contribution in [0.5, 0.6) is 11.5 Å². The average Bonchev–Trinajstić information content (AvgIpc) is 3.47. The molecule has 1 atom stereocenters. The number of nitro groups is 1. The van der Waals surface area contributed by atoms with E-state index in [4.69, 9.17) is 55.9 Å². The van der Waals surface area contributed by atoms with Crippen molar-refractivity contribution in [1.29, 1.82) is 0 Å². The number of rotatable bonds is 6. The summed E-state index contributed by atoms with van der Waals surface area (Å²) in [6.07, 6.45) is -0.154. The second-order valence-corrected chi connectivity index (χ2v) is 10.4. The lowest BCUT2D eigenvalue weighted by molar-refractivity contribution is -0.384. The van der Waals surface area contributed by atoms with E-state index in [9.17, 15) is 29.3 Å². The average molecular weight is 639 g/mol. The van der Waals surface area contributed by atoms with Crippen molar-refractivity contribution in [2.24, 2.45) is 5.92 Å². The number of amides is 3. The Kier molecular flexibility index (Phi) is 7.56. The van der Waals surface area contributed by atoms with Gasteiger partial charge in [-0.3, -0.25) is 29.3 Å². The second kappa shape index (κ2) is 10.8. The highest BCUT2D eigenvalue weighted by Crippen LogP contribution is 2.46. The van der Waals surface area contributed by atoms with Gasteiger partial charge in [-0.25, -0.2) is 4.90 Å². The summed E-state index contributed by atoms with van der Waals surface area (Å²) in [5.41, 5.74) is -0.135. The predicted octanol–water partition coefficient (Wildman–Crippen LogP) is 5.98. The van der Waals surface area contributed by atoms with Crippen LogP contribution in [0, 0.1) is 16.0 Å². The second-order valence-electron chi connectivity index (χ2n) is 8.89. The number of carbonyl (C=O) groups excluding carboxylic acids is 4. The number of methoxy groups -OCH3 is 1. The summed E-state index contributed by atoms with van der Waals surface area (Å²) in [6.45, 7) is -0.0361. The Morgan fingerprint density at radius 1 is 0.927 bits per heavy atom. The summed E-state index contributed by atoms with van der Waals surface area (Å²) < 4.78 is 10.6. The van der Waals surface area contributed by atoms with Gasteiger partial charge in [0.1, 0.15) is 11.5 Å². The molecule has 0 unspecified atom stereocenters. The number of anilines is 2. The molecule has 2 heterocycles. The van der Waals surface area contributed by atoms with E-state index in [2.05, 4.69) is 0 Å². The topological polar surface area (TPSA) is 136 Å². The van der Waals surface area contributed by atoms with Gasteiger partial charge in [0.05, 0.1) is 66.6 Å². The van der Waals surface area contributed by atoms with Gasteiger partial charge in [0.2, 0.25) is 5.91 Å². The lowest BCUT2D eigenvalue weighted by Gasteiger charge is -2.19. The van der Waals surface area contributed by atoms with Gasteiger partial charge in [-0.2, -0.15) is 0 Å². The zero-order valence-corrected chi connectivity index (χ0v) is 23.7. The predicted molar refractivity (Wildman–Crippen MR) is 150 cm³/mol. The maximum atomic E-state index is 13.1. The molecule has 11 nitrogen and oxygen atoms in total. The molecule has 5 rings (SSSR count). The van der Waals surface area contributed by atoms with Gasteiger partial charge in [0, 0.05) is 19.0 Å². The molecular weight excluding hydrogens is 624 g/mol. The molecule has 2 aliphatic heterocycles. The van der Waals surface area contributed by atoms with Crippen LogP contribution in [0.3, 0.4) is 0 Å². The van der Waals surface area contributed by atoms with E-state index >= 15 is 0 Å². The van der Waals surface area contributed by atoms with Crippen LogP contribution in [0.25, 0.3) is 0 Å². The van der Waals surface area contributed by atoms with Crippen molar-refractivity contribution in [3.05, 3.63) is 83.8 Å². The minimum absolute atomic E-state index is 0.0361. The van der Waals surface area contributed by atoms with Crippen molar-refractivity contribution in [2.75, 3.05) is 23.5 Å². The summed E-state index contributed by atoms with van der Waals surface area (Å²) in [5.74, 6) is -3.24. The van der Waals surface area contributed by atoms with Crippen LogP contribution >= 0.6 is 46.4 Å². The largest absolute Gasteiger partial charge is 0.494 e. The van der Waals surface area contributed by atoms with Crippen molar-refractivity contribution >= 4 is 87.2 Å². The minimum atomic E-state index is -0.836. The summed E-state index contributed by atoms with van der Waals surface area (Å²) in [6, 6.07) is 9.30. The fourth-order valence-corrected chi connectivity index (χ4v) is 5.56. The van der Waals surface area contributed by atoms with Gasteiger partial charge in [0.25, 0.3) is 17.5 Å². The van der Waals surface area contributed by atoms with Gasteiger partial charge < -0.3 is 14.4 Å². The lowest BCUT2D eigenvalue weighted by Crippen LogP contribution is -2.29. The molecule has 3 amide bonds. The zero-order valence-electron chi connectivity index (χ0n) is 20.7. The third kappa shape index (κ3) is 4.84. The molecule has 3 aromatic carbocycles. The molecule has 0 saturated carbocycles. The first-order valence-corrected chi connectivity index (χ1v) is 13.1. The molecule has 41 heavy (non-hydrogen) atoms. The fraction of sp³-hybridized carbons (Fsp3) is 0.154. The van der Waals surface area contributed by atoms with E-state index in [-0.39, 0.29) is 72.7 Å². The van der Waals surface area contributed by atoms with Gasteiger partial charge >= 0.3 is 5.97 Å². The van der Waals surface area contributed by atoms with Gasteiger partial charge in [-0.15, -0.1) is 0 Å². The molecule has 0 N–H and O–H groups in total. The molecule has 0 aromatic heterocycles. The highest BCUT2D eigenvalue weighted by molar-refractivity contribution is 6.56. The number of carbonyl (C=O) groups is 4. The first kappa shape index (κ1) is 28.6. The van der Waals surface area contributed by atoms with E-state index in [1.165, 1.54) is 54.5 Å². The number of hydrogen-bond donors (Lipinski definition) is 0. The number of fused-ring (bicyclic) bond motifs is 1. The van der Waals surface area contributed by atoms with E-state index in [1.54, 1.807) is 0 Å². The monoisotopic (exact) mass is 637 g/mol. The quantitative estimate of drug-likeness (QED) is 0.0612. The van der Waals surface area contributed by atoms with E-state index in [0.29, 0.717) is 0 Å². The Labute approximate surface area is 251 Å². The van der Waals surface area contributed by atoms with Crippen molar-refractivity contribution in [3.63, 3.8) is 0 Å². The Morgan fingerprint density at radius 3 is 2.05 bits per heavy atom. The van der Waals surface area contributed by atoms with Crippen LogP contribution in [0.4, 0.5) is 17.1 Å². The van der Waals surface area contributed by atoms with Crippen molar-refractivity contribution in [1.82, 2.24) is 0 Å². The number of imide groups is 1. The smallest absolute Gasteiger partial charge is 0.316 e. The maximum absolute atomic E-state index is 13.1. The summed E-state index contributed by atoms with van der Waals surface area (Å²) in [7, 11) is 1.31. The maximum Gasteiger partial charge on any atom is 0.316 e. The van der Waals surface area contributed by atoms with Crippen molar-refractivity contribution < 1.29 is 33.6 Å². The van der Waals surface area contributed by atoms with E-state index < -0.39 is 34.5 Å². The number of non-ortho nitro benzene ring substituents is 1. The van der Waals surface area contributed by atoms with Crippen LogP contribution in [-0.4, -0.2) is 42.3 Å². The van der Waals surface area contributed by atoms with E-state index in [0.717, 1.165) is 4.90 Å². The molecule has 2 aliphatic rings. The standard InChI is InChI=1S/C26H15Cl4N3O8/c1-40-16-9-13(33(38)39)4-7-15(16)31-10-11(8-17(31)34)26(37)41-14-5-2-12(3-6-14)32-24(35)18-19(25(32)36)21(28)23(30)22(29)20(18)27/h2-7,9,11H,8,10H2,1H3/t11-/m0/s1. The van der Waals surface area contributed by atoms with Crippen LogP contribution in [0.15, 0.2) is 42.5 Å². The highest BCUT2D eigenvalue weighted by atomic mass is 35.5. The van der Waals surface area contributed by atoms with Gasteiger partial charge in [-0.1, -0.05) is 46.4 Å². The Bertz CT molecular complexity index is 1630. The molecule has 15 heteroatoms. The zero-order chi connectivity index (χ0) is 29.7. The summed E-state index contributed by atoms with van der Waals surface area (Å²) in [5, 5.41) is 10.4. The number of nitro benzene ring substituents is 1. The number of halogens is 4. The molecule has 0 bridgehead atoms. The molecule has 0 spiro atoms. The normalized spacial score (nSPS) is 16.3. The third-order valence-corrected chi connectivity index (χ3v) is 8.34.